The van der Waals surface area contributed by atoms with E-state index in [1.165, 1.54) is 7.11 Å². The molecule has 0 aromatic rings. The third-order valence-electron chi connectivity index (χ3n) is 1.50. The van der Waals surface area contributed by atoms with E-state index in [9.17, 15) is 9.59 Å². The summed E-state index contributed by atoms with van der Waals surface area (Å²) < 4.78 is 4.28. The van der Waals surface area contributed by atoms with Gasteiger partial charge in [-0.25, -0.2) is 4.79 Å². The number of thioether (sulfide) groups is 1. The summed E-state index contributed by atoms with van der Waals surface area (Å²) in [6.45, 7) is -0.0973. The highest BCUT2D eigenvalue weighted by Gasteiger charge is 2.15. The molecule has 0 spiro atoms. The highest BCUT2D eigenvalue weighted by Crippen LogP contribution is 1.94. The van der Waals surface area contributed by atoms with Gasteiger partial charge in [-0.15, -0.1) is 0 Å². The van der Waals surface area contributed by atoms with E-state index >= 15 is 0 Å². The van der Waals surface area contributed by atoms with Crippen LogP contribution in [0.25, 0.3) is 0 Å². The Morgan fingerprint density at radius 2 is 2.21 bits per heavy atom. The summed E-state index contributed by atoms with van der Waals surface area (Å²) >= 11 is 1.56. The fourth-order valence-electron chi connectivity index (χ4n) is 0.713. The van der Waals surface area contributed by atoms with Gasteiger partial charge < -0.3 is 15.2 Å². The Kier molecular flexibility index (Phi) is 7.23. The number of methoxy groups -OCH3 is 1. The fourth-order valence-corrected chi connectivity index (χ4v) is 1.10. The summed E-state index contributed by atoms with van der Waals surface area (Å²) in [5.41, 5.74) is 0. The molecule has 1 unspecified atom stereocenters. The number of carbonyl (C=O) groups excluding carboxylic acids is 2. The van der Waals surface area contributed by atoms with E-state index < -0.39 is 12.1 Å². The van der Waals surface area contributed by atoms with E-state index in [1.807, 2.05) is 6.26 Å². The topological polar surface area (TPSA) is 75.6 Å². The lowest BCUT2D eigenvalue weighted by Crippen LogP contribution is -2.37. The lowest BCUT2D eigenvalue weighted by molar-refractivity contribution is -0.150. The average Bonchev–Trinajstić information content (AvgIpc) is 2.21. The number of carbonyl (C=O) groups is 2. The van der Waals surface area contributed by atoms with Gasteiger partial charge in [0.15, 0.2) is 6.10 Å². The second kappa shape index (κ2) is 7.64. The quantitative estimate of drug-likeness (QED) is 0.585. The summed E-state index contributed by atoms with van der Waals surface area (Å²) in [4.78, 5) is 21.7. The Hall–Kier alpha value is -0.750. The van der Waals surface area contributed by atoms with Crippen molar-refractivity contribution in [1.29, 1.82) is 0 Å². The van der Waals surface area contributed by atoms with Gasteiger partial charge in [-0.2, -0.15) is 11.8 Å². The molecule has 0 bridgehead atoms. The van der Waals surface area contributed by atoms with Crippen LogP contribution < -0.4 is 5.32 Å². The second-order valence-electron chi connectivity index (χ2n) is 2.59. The van der Waals surface area contributed by atoms with Gasteiger partial charge >= 0.3 is 5.97 Å². The summed E-state index contributed by atoms with van der Waals surface area (Å²) in [6.07, 6.45) is 1.00. The molecule has 0 saturated carbocycles. The standard InChI is InChI=1S/C8H15NO4S/c1-13-8(12)6(10)5-9-7(11)3-4-14-2/h6,10H,3-5H2,1-2H3,(H,9,11). The first kappa shape index (κ1) is 13.2. The summed E-state index contributed by atoms with van der Waals surface area (Å²) in [5.74, 6) is -0.197. The molecule has 1 amide bonds. The average molecular weight is 221 g/mol. The number of rotatable bonds is 6. The number of ether oxygens (including phenoxy) is 1. The normalized spacial score (nSPS) is 11.9. The van der Waals surface area contributed by atoms with Gasteiger partial charge in [-0.3, -0.25) is 4.79 Å². The summed E-state index contributed by atoms with van der Waals surface area (Å²) in [5, 5.41) is 11.5. The zero-order chi connectivity index (χ0) is 11.0. The third-order valence-corrected chi connectivity index (χ3v) is 2.11. The molecular weight excluding hydrogens is 206 g/mol. The number of aliphatic hydroxyl groups excluding tert-OH is 1. The molecule has 0 aromatic heterocycles. The van der Waals surface area contributed by atoms with Gasteiger partial charge in [0, 0.05) is 12.2 Å². The number of nitrogens with one attached hydrogen (secondary N) is 1. The Morgan fingerprint density at radius 3 is 2.71 bits per heavy atom. The number of aliphatic hydroxyl groups is 1. The van der Waals surface area contributed by atoms with E-state index in [-0.39, 0.29) is 12.5 Å². The van der Waals surface area contributed by atoms with Gasteiger partial charge in [0.05, 0.1) is 13.7 Å². The third kappa shape index (κ3) is 5.82. The van der Waals surface area contributed by atoms with Crippen LogP contribution in [-0.4, -0.2) is 48.8 Å². The molecule has 0 aliphatic carbocycles. The molecule has 5 nitrogen and oxygen atoms in total. The van der Waals surface area contributed by atoms with Crippen molar-refractivity contribution in [2.75, 3.05) is 25.7 Å². The Labute approximate surface area is 87.2 Å². The summed E-state index contributed by atoms with van der Waals surface area (Å²) in [6, 6.07) is 0. The number of hydrogen-bond donors (Lipinski definition) is 2. The zero-order valence-electron chi connectivity index (χ0n) is 8.28. The van der Waals surface area contributed by atoms with Gasteiger partial charge in [-0.05, 0) is 6.26 Å². The number of esters is 1. The van der Waals surface area contributed by atoms with Crippen LogP contribution in [0.15, 0.2) is 0 Å². The lowest BCUT2D eigenvalue weighted by atomic mass is 10.3. The maximum Gasteiger partial charge on any atom is 0.336 e. The molecule has 1 atom stereocenters. The Morgan fingerprint density at radius 1 is 1.57 bits per heavy atom. The molecule has 0 aliphatic heterocycles. The van der Waals surface area contributed by atoms with E-state index in [1.54, 1.807) is 11.8 Å². The van der Waals surface area contributed by atoms with Gasteiger partial charge in [0.25, 0.3) is 0 Å². The van der Waals surface area contributed by atoms with Crippen molar-refractivity contribution in [3.8, 4) is 0 Å². The molecule has 0 aromatic carbocycles. The van der Waals surface area contributed by atoms with Crippen LogP contribution in [0, 0.1) is 0 Å². The van der Waals surface area contributed by atoms with Crippen LogP contribution in [0.5, 0.6) is 0 Å². The van der Waals surface area contributed by atoms with Crippen molar-refractivity contribution < 1.29 is 19.4 Å². The maximum atomic E-state index is 11.0. The Bertz CT molecular complexity index is 198. The van der Waals surface area contributed by atoms with Crippen LogP contribution >= 0.6 is 11.8 Å². The minimum absolute atomic E-state index is 0.0973. The predicted octanol–water partition coefficient (Wildman–Crippen LogP) is -0.610. The number of amides is 1. The van der Waals surface area contributed by atoms with Gasteiger partial charge in [0.1, 0.15) is 0 Å². The van der Waals surface area contributed by atoms with E-state index in [0.29, 0.717) is 6.42 Å². The monoisotopic (exact) mass is 221 g/mol. The van der Waals surface area contributed by atoms with Crippen LogP contribution in [0.2, 0.25) is 0 Å². The summed E-state index contributed by atoms with van der Waals surface area (Å²) in [7, 11) is 1.18. The molecule has 82 valence electrons. The highest BCUT2D eigenvalue weighted by atomic mass is 32.2. The molecule has 0 fully saturated rings. The van der Waals surface area contributed by atoms with E-state index in [4.69, 9.17) is 5.11 Å². The molecule has 0 aliphatic rings. The number of hydrogen-bond acceptors (Lipinski definition) is 5. The van der Waals surface area contributed by atoms with E-state index in [0.717, 1.165) is 5.75 Å². The molecule has 6 heteroatoms. The molecular formula is C8H15NO4S. The van der Waals surface area contributed by atoms with Crippen molar-refractivity contribution in [1.82, 2.24) is 5.32 Å². The maximum absolute atomic E-state index is 11.0. The minimum Gasteiger partial charge on any atom is -0.467 e. The molecule has 14 heavy (non-hydrogen) atoms. The second-order valence-corrected chi connectivity index (χ2v) is 3.57. The van der Waals surface area contributed by atoms with Crippen molar-refractivity contribution in [2.45, 2.75) is 12.5 Å². The van der Waals surface area contributed by atoms with Crippen molar-refractivity contribution in [3.05, 3.63) is 0 Å². The van der Waals surface area contributed by atoms with Crippen LogP contribution in [0.1, 0.15) is 6.42 Å². The zero-order valence-corrected chi connectivity index (χ0v) is 9.10. The molecule has 0 rings (SSSR count). The highest BCUT2D eigenvalue weighted by molar-refractivity contribution is 7.98. The lowest BCUT2D eigenvalue weighted by Gasteiger charge is -2.09. The van der Waals surface area contributed by atoms with Gasteiger partial charge in [0.2, 0.25) is 5.91 Å². The molecule has 2 N–H and O–H groups in total. The molecule has 0 radical (unpaired) electrons. The minimum atomic E-state index is -1.28. The SMILES string of the molecule is COC(=O)C(O)CNC(=O)CCSC. The van der Waals surface area contributed by atoms with Crippen molar-refractivity contribution in [2.24, 2.45) is 0 Å². The molecule has 0 heterocycles. The van der Waals surface area contributed by atoms with Crippen molar-refractivity contribution in [3.63, 3.8) is 0 Å². The van der Waals surface area contributed by atoms with E-state index in [2.05, 4.69) is 10.1 Å². The largest absolute Gasteiger partial charge is 0.467 e. The van der Waals surface area contributed by atoms with Crippen molar-refractivity contribution >= 4 is 23.6 Å². The van der Waals surface area contributed by atoms with Crippen LogP contribution in [-0.2, 0) is 14.3 Å². The van der Waals surface area contributed by atoms with Crippen LogP contribution in [0.4, 0.5) is 0 Å². The fraction of sp³-hybridized carbons (Fsp3) is 0.750. The predicted molar refractivity (Wildman–Crippen MR) is 54.0 cm³/mol. The first-order chi connectivity index (χ1) is 6.61. The smallest absolute Gasteiger partial charge is 0.336 e. The Balaban J connectivity index is 3.60. The van der Waals surface area contributed by atoms with Crippen LogP contribution in [0.3, 0.4) is 0 Å². The first-order valence-corrected chi connectivity index (χ1v) is 5.52. The van der Waals surface area contributed by atoms with Gasteiger partial charge in [-0.1, -0.05) is 0 Å². The molecule has 0 saturated heterocycles. The first-order valence-electron chi connectivity index (χ1n) is 4.13.